The van der Waals surface area contributed by atoms with E-state index in [9.17, 15) is 18.0 Å². The van der Waals surface area contributed by atoms with Crippen LogP contribution >= 0.6 is 0 Å². The van der Waals surface area contributed by atoms with E-state index >= 15 is 0 Å². The van der Waals surface area contributed by atoms with Crippen molar-refractivity contribution < 1.29 is 22.7 Å². The Morgan fingerprint density at radius 2 is 1.47 bits per heavy atom. The summed E-state index contributed by atoms with van der Waals surface area (Å²) < 4.78 is 34.8. The molecule has 3 aromatic carbocycles. The van der Waals surface area contributed by atoms with Crippen LogP contribution in [0, 0.1) is 13.8 Å². The minimum absolute atomic E-state index is 0.0795. The minimum Gasteiger partial charge on any atom is -0.494 e. The van der Waals surface area contributed by atoms with E-state index in [0.717, 1.165) is 46.7 Å². The molecule has 1 unspecified atom stereocenters. The maximum atomic E-state index is 14.3. The van der Waals surface area contributed by atoms with Crippen LogP contribution in [0.2, 0.25) is 0 Å². The molecule has 0 radical (unpaired) electrons. The molecule has 9 heteroatoms. The fourth-order valence-electron chi connectivity index (χ4n) is 5.42. The maximum Gasteiger partial charge on any atom is 0.264 e. The second kappa shape index (κ2) is 14.6. The van der Waals surface area contributed by atoms with Crippen molar-refractivity contribution in [3.63, 3.8) is 0 Å². The molecule has 0 spiro atoms. The van der Waals surface area contributed by atoms with Gasteiger partial charge in [0.25, 0.3) is 10.0 Å². The monoisotopic (exact) mass is 605 g/mol. The van der Waals surface area contributed by atoms with Gasteiger partial charge in [-0.05, 0) is 82.0 Å². The predicted octanol–water partition coefficient (Wildman–Crippen LogP) is 5.76. The van der Waals surface area contributed by atoms with Crippen LogP contribution in [-0.4, -0.2) is 50.4 Å². The number of anilines is 1. The average molecular weight is 606 g/mol. The molecule has 1 N–H and O–H groups in total. The summed E-state index contributed by atoms with van der Waals surface area (Å²) in [5.41, 5.74) is 3.20. The summed E-state index contributed by atoms with van der Waals surface area (Å²) in [6.07, 6.45) is 4.38. The molecule has 1 aliphatic carbocycles. The normalized spacial score (nSPS) is 14.2. The van der Waals surface area contributed by atoms with Crippen molar-refractivity contribution in [3.8, 4) is 5.75 Å². The highest BCUT2D eigenvalue weighted by Gasteiger charge is 2.34. The SMILES string of the molecule is CCOc1ccc(N(CC(=O)N(Cc2ccc(C)cc2)C(CC)C(=O)NC2CCCC2)S(=O)(=O)c2ccc(C)cc2)cc1. The molecule has 0 saturated heterocycles. The van der Waals surface area contributed by atoms with E-state index in [1.54, 1.807) is 48.5 Å². The molecular formula is C34H43N3O5S. The van der Waals surface area contributed by atoms with E-state index in [4.69, 9.17) is 4.74 Å². The Morgan fingerprint density at radius 3 is 2.02 bits per heavy atom. The second-order valence-electron chi connectivity index (χ2n) is 11.2. The number of aryl methyl sites for hydroxylation is 2. The molecule has 0 heterocycles. The zero-order chi connectivity index (χ0) is 31.0. The predicted molar refractivity (Wildman–Crippen MR) is 170 cm³/mol. The number of carbonyl (C=O) groups excluding carboxylic acids is 2. The van der Waals surface area contributed by atoms with Gasteiger partial charge in [-0.2, -0.15) is 0 Å². The summed E-state index contributed by atoms with van der Waals surface area (Å²) in [5, 5.41) is 3.15. The third-order valence-corrected chi connectivity index (χ3v) is 9.67. The Balaban J connectivity index is 1.71. The fourth-order valence-corrected chi connectivity index (χ4v) is 6.83. The summed E-state index contributed by atoms with van der Waals surface area (Å²) in [7, 11) is -4.13. The topological polar surface area (TPSA) is 96.0 Å². The van der Waals surface area contributed by atoms with Gasteiger partial charge in [-0.3, -0.25) is 13.9 Å². The molecule has 1 atom stereocenters. The lowest BCUT2D eigenvalue weighted by Gasteiger charge is -2.34. The van der Waals surface area contributed by atoms with Gasteiger partial charge >= 0.3 is 0 Å². The molecule has 43 heavy (non-hydrogen) atoms. The lowest BCUT2D eigenvalue weighted by Crippen LogP contribution is -2.53. The van der Waals surface area contributed by atoms with E-state index in [0.29, 0.717) is 24.5 Å². The zero-order valence-corrected chi connectivity index (χ0v) is 26.4. The molecule has 0 aromatic heterocycles. The Bertz CT molecular complexity index is 1470. The van der Waals surface area contributed by atoms with Crippen LogP contribution in [0.15, 0.2) is 77.7 Å². The highest BCUT2D eigenvalue weighted by molar-refractivity contribution is 7.92. The number of ether oxygens (including phenoxy) is 1. The van der Waals surface area contributed by atoms with E-state index in [2.05, 4.69) is 5.32 Å². The van der Waals surface area contributed by atoms with Crippen molar-refractivity contribution in [2.75, 3.05) is 17.5 Å². The second-order valence-corrected chi connectivity index (χ2v) is 13.0. The summed E-state index contributed by atoms with van der Waals surface area (Å²) in [5.74, 6) is -0.0664. The van der Waals surface area contributed by atoms with Crippen LogP contribution in [0.3, 0.4) is 0 Å². The van der Waals surface area contributed by atoms with Crippen molar-refractivity contribution in [1.82, 2.24) is 10.2 Å². The van der Waals surface area contributed by atoms with Gasteiger partial charge in [0.05, 0.1) is 17.2 Å². The van der Waals surface area contributed by atoms with Crippen LogP contribution in [0.5, 0.6) is 5.75 Å². The molecule has 1 fully saturated rings. The number of hydrogen-bond acceptors (Lipinski definition) is 5. The minimum atomic E-state index is -4.13. The molecule has 230 valence electrons. The smallest absolute Gasteiger partial charge is 0.264 e. The summed E-state index contributed by atoms with van der Waals surface area (Å²) in [4.78, 5) is 29.4. The zero-order valence-electron chi connectivity index (χ0n) is 25.6. The number of amides is 2. The molecule has 2 amide bonds. The molecule has 1 aliphatic rings. The standard InChI is InChI=1S/C34H43N3O5S/c1-5-32(34(39)35-28-9-7-8-10-28)36(23-27-15-11-25(3)12-16-27)33(38)24-37(29-17-19-30(20-18-29)42-6-2)43(40,41)31-21-13-26(4)14-22-31/h11-22,28,32H,5-10,23-24H2,1-4H3,(H,35,39). The van der Waals surface area contributed by atoms with E-state index in [-0.39, 0.29) is 23.4 Å². The van der Waals surface area contributed by atoms with E-state index in [1.807, 2.05) is 52.0 Å². The molecule has 4 rings (SSSR count). The first-order valence-corrected chi connectivity index (χ1v) is 16.5. The highest BCUT2D eigenvalue weighted by Crippen LogP contribution is 2.27. The van der Waals surface area contributed by atoms with Crippen LogP contribution in [-0.2, 0) is 26.2 Å². The number of nitrogens with zero attached hydrogens (tertiary/aromatic N) is 2. The first-order chi connectivity index (χ1) is 20.6. The lowest BCUT2D eigenvalue weighted by molar-refractivity contribution is -0.140. The van der Waals surface area contributed by atoms with Crippen LogP contribution < -0.4 is 14.4 Å². The van der Waals surface area contributed by atoms with Gasteiger partial charge in [0, 0.05) is 12.6 Å². The van der Waals surface area contributed by atoms with Crippen molar-refractivity contribution in [2.24, 2.45) is 0 Å². The number of benzene rings is 3. The van der Waals surface area contributed by atoms with Gasteiger partial charge < -0.3 is 15.0 Å². The largest absolute Gasteiger partial charge is 0.494 e. The Kier molecular flexibility index (Phi) is 10.9. The van der Waals surface area contributed by atoms with Crippen molar-refractivity contribution in [1.29, 1.82) is 0 Å². The van der Waals surface area contributed by atoms with Gasteiger partial charge in [-0.25, -0.2) is 8.42 Å². The lowest BCUT2D eigenvalue weighted by atomic mass is 10.1. The molecule has 1 saturated carbocycles. The number of carbonyl (C=O) groups is 2. The Hall–Kier alpha value is -3.85. The number of rotatable bonds is 13. The molecule has 0 bridgehead atoms. The maximum absolute atomic E-state index is 14.3. The molecular weight excluding hydrogens is 562 g/mol. The van der Waals surface area contributed by atoms with Gasteiger partial charge in [0.15, 0.2) is 0 Å². The van der Waals surface area contributed by atoms with Gasteiger partial charge in [0.1, 0.15) is 18.3 Å². The van der Waals surface area contributed by atoms with Gasteiger partial charge in [0.2, 0.25) is 11.8 Å². The third kappa shape index (κ3) is 8.16. The average Bonchev–Trinajstić information content (AvgIpc) is 3.50. The van der Waals surface area contributed by atoms with Gasteiger partial charge in [-0.15, -0.1) is 0 Å². The Morgan fingerprint density at radius 1 is 0.884 bits per heavy atom. The molecule has 0 aliphatic heterocycles. The van der Waals surface area contributed by atoms with Crippen LogP contribution in [0.25, 0.3) is 0 Å². The quantitative estimate of drug-likeness (QED) is 0.267. The fraction of sp³-hybridized carbons (Fsp3) is 0.412. The summed E-state index contributed by atoms with van der Waals surface area (Å²) >= 11 is 0. The first-order valence-electron chi connectivity index (χ1n) is 15.1. The van der Waals surface area contributed by atoms with Crippen LogP contribution in [0.4, 0.5) is 5.69 Å². The number of sulfonamides is 1. The third-order valence-electron chi connectivity index (χ3n) is 7.88. The number of nitrogens with one attached hydrogen (secondary N) is 1. The van der Waals surface area contributed by atoms with Gasteiger partial charge in [-0.1, -0.05) is 67.3 Å². The molecule has 3 aromatic rings. The van der Waals surface area contributed by atoms with E-state index < -0.39 is 28.5 Å². The first kappa shape index (κ1) is 32.1. The van der Waals surface area contributed by atoms with Crippen molar-refractivity contribution >= 4 is 27.5 Å². The highest BCUT2D eigenvalue weighted by atomic mass is 32.2. The van der Waals surface area contributed by atoms with Crippen molar-refractivity contribution in [3.05, 3.63) is 89.5 Å². The summed E-state index contributed by atoms with van der Waals surface area (Å²) in [6.45, 7) is 7.80. The van der Waals surface area contributed by atoms with Crippen LogP contribution in [0.1, 0.15) is 62.6 Å². The number of hydrogen-bond donors (Lipinski definition) is 1. The summed E-state index contributed by atoms with van der Waals surface area (Å²) in [6, 6.07) is 20.4. The Labute approximate surface area is 256 Å². The van der Waals surface area contributed by atoms with Crippen molar-refractivity contribution in [2.45, 2.75) is 83.3 Å². The van der Waals surface area contributed by atoms with E-state index in [1.165, 1.54) is 4.90 Å². The molecule has 8 nitrogen and oxygen atoms in total.